The number of likely N-dealkylation sites (N-methyl/N-ethyl adjacent to an activating group) is 1. The second-order valence-electron chi connectivity index (χ2n) is 5.49. The van der Waals surface area contributed by atoms with Crippen LogP contribution < -0.4 is 10.3 Å². The van der Waals surface area contributed by atoms with Gasteiger partial charge in [-0.1, -0.05) is 31.2 Å². The van der Waals surface area contributed by atoms with Crippen LogP contribution >= 0.6 is 0 Å². The lowest BCUT2D eigenvalue weighted by atomic mass is 10.1. The van der Waals surface area contributed by atoms with Crippen LogP contribution in [0.25, 0.3) is 0 Å². The molecule has 0 radical (unpaired) electrons. The molecule has 0 saturated heterocycles. The van der Waals surface area contributed by atoms with Gasteiger partial charge in [-0.05, 0) is 41.8 Å². The molecule has 0 aliphatic heterocycles. The Bertz CT molecular complexity index is 679. The maximum Gasteiger partial charge on any atom is 0.271 e. The summed E-state index contributed by atoms with van der Waals surface area (Å²) in [7, 11) is 1.92. The SMILES string of the molecule is CCc1ccc(C(=O)N/N=C\c2ccc(N(C)CCO)cc2)cc1. The van der Waals surface area contributed by atoms with E-state index in [2.05, 4.69) is 17.5 Å². The van der Waals surface area contributed by atoms with Gasteiger partial charge in [0.2, 0.25) is 0 Å². The van der Waals surface area contributed by atoms with Crippen LogP contribution in [0.15, 0.2) is 53.6 Å². The molecule has 0 bridgehead atoms. The van der Waals surface area contributed by atoms with Crippen molar-refractivity contribution in [3.63, 3.8) is 0 Å². The molecular weight excluding hydrogens is 302 g/mol. The molecule has 0 aliphatic carbocycles. The van der Waals surface area contributed by atoms with Gasteiger partial charge in [0.1, 0.15) is 0 Å². The average Bonchev–Trinajstić information content (AvgIpc) is 2.62. The Morgan fingerprint density at radius 3 is 2.42 bits per heavy atom. The highest BCUT2D eigenvalue weighted by Crippen LogP contribution is 2.12. The van der Waals surface area contributed by atoms with Gasteiger partial charge in [-0.3, -0.25) is 4.79 Å². The second-order valence-corrected chi connectivity index (χ2v) is 5.49. The molecule has 126 valence electrons. The summed E-state index contributed by atoms with van der Waals surface area (Å²) in [5.74, 6) is -0.229. The minimum atomic E-state index is -0.229. The third kappa shape index (κ3) is 4.93. The number of anilines is 1. The van der Waals surface area contributed by atoms with E-state index >= 15 is 0 Å². The van der Waals surface area contributed by atoms with E-state index in [1.807, 2.05) is 48.3 Å². The molecular formula is C19H23N3O2. The average molecular weight is 325 g/mol. The van der Waals surface area contributed by atoms with E-state index in [9.17, 15) is 4.79 Å². The van der Waals surface area contributed by atoms with Crippen LogP contribution in [0.4, 0.5) is 5.69 Å². The summed E-state index contributed by atoms with van der Waals surface area (Å²) in [5.41, 5.74) is 6.22. The van der Waals surface area contributed by atoms with Crippen LogP contribution in [0.1, 0.15) is 28.4 Å². The molecule has 2 rings (SSSR count). The molecule has 0 aliphatic rings. The van der Waals surface area contributed by atoms with Crippen molar-refractivity contribution in [1.82, 2.24) is 5.43 Å². The van der Waals surface area contributed by atoms with E-state index in [0.717, 1.165) is 17.7 Å². The van der Waals surface area contributed by atoms with E-state index in [-0.39, 0.29) is 12.5 Å². The van der Waals surface area contributed by atoms with Crippen LogP contribution in [0.3, 0.4) is 0 Å². The van der Waals surface area contributed by atoms with Gasteiger partial charge in [-0.15, -0.1) is 0 Å². The Balaban J connectivity index is 1.92. The Hall–Kier alpha value is -2.66. The summed E-state index contributed by atoms with van der Waals surface area (Å²) in [6.45, 7) is 2.78. The normalized spacial score (nSPS) is 10.8. The number of aliphatic hydroxyl groups is 1. The Kier molecular flexibility index (Phi) is 6.51. The molecule has 0 unspecified atom stereocenters. The molecule has 0 saturated carbocycles. The fraction of sp³-hybridized carbons (Fsp3) is 0.263. The Labute approximate surface area is 142 Å². The molecule has 0 heterocycles. The number of hydrogen-bond donors (Lipinski definition) is 2. The first-order valence-electron chi connectivity index (χ1n) is 7.98. The lowest BCUT2D eigenvalue weighted by Gasteiger charge is -2.17. The largest absolute Gasteiger partial charge is 0.395 e. The fourth-order valence-electron chi connectivity index (χ4n) is 2.22. The number of aryl methyl sites for hydroxylation is 1. The number of amides is 1. The zero-order chi connectivity index (χ0) is 17.4. The molecule has 5 nitrogen and oxygen atoms in total. The second kappa shape index (κ2) is 8.84. The van der Waals surface area contributed by atoms with Crippen molar-refractivity contribution in [1.29, 1.82) is 0 Å². The fourth-order valence-corrected chi connectivity index (χ4v) is 2.22. The predicted octanol–water partition coefficient (Wildman–Crippen LogP) is 2.44. The van der Waals surface area contributed by atoms with Crippen LogP contribution in [-0.2, 0) is 6.42 Å². The van der Waals surface area contributed by atoms with Crippen LogP contribution in [0, 0.1) is 0 Å². The number of nitrogens with zero attached hydrogens (tertiary/aromatic N) is 2. The summed E-state index contributed by atoms with van der Waals surface area (Å²) in [6, 6.07) is 15.2. The predicted molar refractivity (Wildman–Crippen MR) is 97.7 cm³/mol. The van der Waals surface area contributed by atoms with Crippen molar-refractivity contribution in [3.8, 4) is 0 Å². The van der Waals surface area contributed by atoms with E-state index < -0.39 is 0 Å². The zero-order valence-corrected chi connectivity index (χ0v) is 14.1. The van der Waals surface area contributed by atoms with Crippen LogP contribution in [-0.4, -0.2) is 37.4 Å². The monoisotopic (exact) mass is 325 g/mol. The lowest BCUT2D eigenvalue weighted by molar-refractivity contribution is 0.0955. The standard InChI is InChI=1S/C19H23N3O2/c1-3-15-4-8-17(9-5-15)19(24)21-20-14-16-6-10-18(11-7-16)22(2)12-13-23/h4-11,14,23H,3,12-13H2,1-2H3,(H,21,24)/b20-14-. The third-order valence-corrected chi connectivity index (χ3v) is 3.77. The number of carbonyl (C=O) groups is 1. The number of aliphatic hydroxyl groups excluding tert-OH is 1. The van der Waals surface area contributed by atoms with E-state index in [1.54, 1.807) is 18.3 Å². The quantitative estimate of drug-likeness (QED) is 0.607. The number of benzene rings is 2. The maximum atomic E-state index is 12.0. The van der Waals surface area contributed by atoms with Gasteiger partial charge in [-0.25, -0.2) is 5.43 Å². The minimum Gasteiger partial charge on any atom is -0.395 e. The summed E-state index contributed by atoms with van der Waals surface area (Å²) in [4.78, 5) is 14.0. The summed E-state index contributed by atoms with van der Waals surface area (Å²) < 4.78 is 0. The summed E-state index contributed by atoms with van der Waals surface area (Å²) in [6.07, 6.45) is 2.55. The number of carbonyl (C=O) groups excluding carboxylic acids is 1. The van der Waals surface area contributed by atoms with Crippen molar-refractivity contribution in [2.75, 3.05) is 25.1 Å². The highest BCUT2D eigenvalue weighted by atomic mass is 16.3. The smallest absolute Gasteiger partial charge is 0.271 e. The first-order chi connectivity index (χ1) is 11.6. The van der Waals surface area contributed by atoms with Crippen molar-refractivity contribution in [2.45, 2.75) is 13.3 Å². The zero-order valence-electron chi connectivity index (χ0n) is 14.1. The highest BCUT2D eigenvalue weighted by molar-refractivity contribution is 5.94. The van der Waals surface area contributed by atoms with Gasteiger partial charge in [0.15, 0.2) is 0 Å². The Morgan fingerprint density at radius 1 is 1.17 bits per heavy atom. The minimum absolute atomic E-state index is 0.116. The number of rotatable bonds is 7. The molecule has 2 aromatic rings. The van der Waals surface area contributed by atoms with Gasteiger partial charge in [0.25, 0.3) is 5.91 Å². The lowest BCUT2D eigenvalue weighted by Crippen LogP contribution is -2.20. The van der Waals surface area contributed by atoms with Crippen LogP contribution in [0.2, 0.25) is 0 Å². The van der Waals surface area contributed by atoms with Gasteiger partial charge in [-0.2, -0.15) is 5.10 Å². The van der Waals surface area contributed by atoms with Crippen molar-refractivity contribution < 1.29 is 9.90 Å². The van der Waals surface area contributed by atoms with E-state index in [1.165, 1.54) is 5.56 Å². The molecule has 5 heteroatoms. The number of nitrogens with one attached hydrogen (secondary N) is 1. The summed E-state index contributed by atoms with van der Waals surface area (Å²) >= 11 is 0. The molecule has 0 aromatic heterocycles. The van der Waals surface area contributed by atoms with Gasteiger partial charge >= 0.3 is 0 Å². The molecule has 2 N–H and O–H groups in total. The first-order valence-corrected chi connectivity index (χ1v) is 7.98. The van der Waals surface area contributed by atoms with Crippen molar-refractivity contribution in [2.24, 2.45) is 5.10 Å². The van der Waals surface area contributed by atoms with Gasteiger partial charge in [0, 0.05) is 24.8 Å². The first kappa shape index (κ1) is 17.7. The topological polar surface area (TPSA) is 64.9 Å². The van der Waals surface area contributed by atoms with Crippen LogP contribution in [0.5, 0.6) is 0 Å². The molecule has 0 atom stereocenters. The van der Waals surface area contributed by atoms with Crippen molar-refractivity contribution >= 4 is 17.8 Å². The third-order valence-electron chi connectivity index (χ3n) is 3.77. The molecule has 0 spiro atoms. The number of hydrazone groups is 1. The number of hydrogen-bond acceptors (Lipinski definition) is 4. The van der Waals surface area contributed by atoms with E-state index in [4.69, 9.17) is 5.11 Å². The maximum absolute atomic E-state index is 12.0. The molecule has 24 heavy (non-hydrogen) atoms. The highest BCUT2D eigenvalue weighted by Gasteiger charge is 2.03. The molecule has 2 aromatic carbocycles. The summed E-state index contributed by atoms with van der Waals surface area (Å²) in [5, 5.41) is 12.9. The Morgan fingerprint density at radius 2 is 1.83 bits per heavy atom. The van der Waals surface area contributed by atoms with Gasteiger partial charge < -0.3 is 10.0 Å². The van der Waals surface area contributed by atoms with Gasteiger partial charge in [0.05, 0.1) is 12.8 Å². The molecule has 0 fully saturated rings. The van der Waals surface area contributed by atoms with E-state index in [0.29, 0.717) is 12.1 Å². The van der Waals surface area contributed by atoms with Crippen molar-refractivity contribution in [3.05, 3.63) is 65.2 Å². The molecule has 1 amide bonds.